The summed E-state index contributed by atoms with van der Waals surface area (Å²) in [6.45, 7) is 4.58. The molecule has 1 aromatic rings. The highest BCUT2D eigenvalue weighted by Gasteiger charge is 2.16. The van der Waals surface area contributed by atoms with Crippen molar-refractivity contribution < 1.29 is 0 Å². The fourth-order valence-electron chi connectivity index (χ4n) is 2.02. The molecule has 1 aromatic heterocycles. The number of piperidine rings is 1. The van der Waals surface area contributed by atoms with Crippen molar-refractivity contribution >= 4 is 11.6 Å². The molecule has 4 heteroatoms. The molecule has 2 heterocycles. The first-order valence-electron chi connectivity index (χ1n) is 5.67. The van der Waals surface area contributed by atoms with Crippen molar-refractivity contribution in [2.45, 2.75) is 31.2 Å². The van der Waals surface area contributed by atoms with Gasteiger partial charge in [0.15, 0.2) is 0 Å². The molecule has 2 rings (SSSR count). The molecule has 0 amide bonds. The zero-order chi connectivity index (χ0) is 10.5. The summed E-state index contributed by atoms with van der Waals surface area (Å²) in [6.07, 6.45) is 9.22. The van der Waals surface area contributed by atoms with Crippen molar-refractivity contribution in [3.05, 3.63) is 18.7 Å². The third-order valence-corrected chi connectivity index (χ3v) is 3.40. The monoisotopic (exact) mass is 227 g/mol. The Labute approximate surface area is 96.0 Å². The van der Waals surface area contributed by atoms with Gasteiger partial charge < -0.3 is 9.47 Å². The Hall–Kier alpha value is -0.540. The molecule has 3 nitrogen and oxygen atoms in total. The van der Waals surface area contributed by atoms with Gasteiger partial charge in [0.2, 0.25) is 0 Å². The SMILES string of the molecule is ClC1CCN(CCCn2ccnc2)CC1. The van der Waals surface area contributed by atoms with Crippen LogP contribution in [-0.4, -0.2) is 39.5 Å². The molecule has 0 N–H and O–H groups in total. The largest absolute Gasteiger partial charge is 0.337 e. The van der Waals surface area contributed by atoms with Crippen LogP contribution < -0.4 is 0 Å². The van der Waals surface area contributed by atoms with Crippen LogP contribution in [-0.2, 0) is 6.54 Å². The number of hydrogen-bond acceptors (Lipinski definition) is 2. The second kappa shape index (κ2) is 5.52. The molecule has 84 valence electrons. The van der Waals surface area contributed by atoms with Crippen LogP contribution in [0.2, 0.25) is 0 Å². The first-order valence-corrected chi connectivity index (χ1v) is 6.10. The molecule has 15 heavy (non-hydrogen) atoms. The van der Waals surface area contributed by atoms with E-state index in [2.05, 4.69) is 14.5 Å². The molecule has 1 aliphatic rings. The summed E-state index contributed by atoms with van der Waals surface area (Å²) < 4.78 is 2.13. The second-order valence-corrected chi connectivity index (χ2v) is 4.79. The van der Waals surface area contributed by atoms with Gasteiger partial charge in [-0.3, -0.25) is 0 Å². The van der Waals surface area contributed by atoms with Gasteiger partial charge in [-0.1, -0.05) is 0 Å². The Morgan fingerprint density at radius 3 is 2.73 bits per heavy atom. The van der Waals surface area contributed by atoms with E-state index in [4.69, 9.17) is 11.6 Å². The topological polar surface area (TPSA) is 21.1 Å². The van der Waals surface area contributed by atoms with Gasteiger partial charge in [-0.05, 0) is 38.9 Å². The van der Waals surface area contributed by atoms with Gasteiger partial charge in [0.1, 0.15) is 0 Å². The van der Waals surface area contributed by atoms with Gasteiger partial charge in [-0.15, -0.1) is 11.6 Å². The number of nitrogens with zero attached hydrogens (tertiary/aromatic N) is 3. The van der Waals surface area contributed by atoms with E-state index in [0.717, 1.165) is 32.5 Å². The van der Waals surface area contributed by atoms with Crippen molar-refractivity contribution in [3.63, 3.8) is 0 Å². The zero-order valence-electron chi connectivity index (χ0n) is 8.98. The van der Waals surface area contributed by atoms with E-state index in [1.165, 1.54) is 13.0 Å². The van der Waals surface area contributed by atoms with Gasteiger partial charge in [-0.2, -0.15) is 0 Å². The predicted octanol–water partition coefficient (Wildman–Crippen LogP) is 1.98. The van der Waals surface area contributed by atoms with Crippen molar-refractivity contribution in [1.82, 2.24) is 14.5 Å². The van der Waals surface area contributed by atoms with Gasteiger partial charge in [-0.25, -0.2) is 4.98 Å². The van der Waals surface area contributed by atoms with Crippen molar-refractivity contribution in [2.24, 2.45) is 0 Å². The normalized spacial score (nSPS) is 19.5. The summed E-state index contributed by atoms with van der Waals surface area (Å²) in [7, 11) is 0. The molecule has 0 unspecified atom stereocenters. The minimum absolute atomic E-state index is 0.412. The number of likely N-dealkylation sites (tertiary alicyclic amines) is 1. The van der Waals surface area contributed by atoms with Crippen molar-refractivity contribution in [1.29, 1.82) is 0 Å². The number of hydrogen-bond donors (Lipinski definition) is 0. The van der Waals surface area contributed by atoms with Crippen LogP contribution in [0.1, 0.15) is 19.3 Å². The van der Waals surface area contributed by atoms with Crippen LogP contribution in [0.5, 0.6) is 0 Å². The smallest absolute Gasteiger partial charge is 0.0945 e. The standard InChI is InChI=1S/C11H18ClN3/c12-11-2-7-14(8-3-11)5-1-6-15-9-4-13-10-15/h4,9-11H,1-3,5-8H2. The summed E-state index contributed by atoms with van der Waals surface area (Å²) in [5.74, 6) is 0. The van der Waals surface area contributed by atoms with Gasteiger partial charge in [0.05, 0.1) is 6.33 Å². The highest BCUT2D eigenvalue weighted by molar-refractivity contribution is 6.20. The van der Waals surface area contributed by atoms with E-state index in [-0.39, 0.29) is 0 Å². The quantitative estimate of drug-likeness (QED) is 0.734. The fraction of sp³-hybridized carbons (Fsp3) is 0.727. The highest BCUT2D eigenvalue weighted by atomic mass is 35.5. The molecule has 1 fully saturated rings. The molecule has 0 spiro atoms. The third kappa shape index (κ3) is 3.50. The minimum atomic E-state index is 0.412. The zero-order valence-corrected chi connectivity index (χ0v) is 9.73. The molecule has 0 atom stereocenters. The van der Waals surface area contributed by atoms with Crippen LogP contribution in [0.3, 0.4) is 0 Å². The fourth-order valence-corrected chi connectivity index (χ4v) is 2.22. The first-order chi connectivity index (χ1) is 7.34. The molecule has 0 aromatic carbocycles. The Bertz CT molecular complexity index is 265. The molecule has 0 aliphatic carbocycles. The Morgan fingerprint density at radius 1 is 1.27 bits per heavy atom. The highest BCUT2D eigenvalue weighted by Crippen LogP contribution is 2.15. The molecule has 0 bridgehead atoms. The number of aryl methyl sites for hydroxylation is 1. The van der Waals surface area contributed by atoms with E-state index in [0.29, 0.717) is 5.38 Å². The van der Waals surface area contributed by atoms with E-state index in [1.807, 2.05) is 18.7 Å². The third-order valence-electron chi connectivity index (χ3n) is 2.97. The van der Waals surface area contributed by atoms with Crippen molar-refractivity contribution in [2.75, 3.05) is 19.6 Å². The summed E-state index contributed by atoms with van der Waals surface area (Å²) in [6, 6.07) is 0. The predicted molar refractivity (Wildman–Crippen MR) is 62.2 cm³/mol. The van der Waals surface area contributed by atoms with E-state index < -0.39 is 0 Å². The number of alkyl halides is 1. The lowest BCUT2D eigenvalue weighted by atomic mass is 10.1. The number of imidazole rings is 1. The van der Waals surface area contributed by atoms with Gasteiger partial charge in [0.25, 0.3) is 0 Å². The lowest BCUT2D eigenvalue weighted by molar-refractivity contribution is 0.225. The lowest BCUT2D eigenvalue weighted by Gasteiger charge is -2.29. The number of halogens is 1. The average molecular weight is 228 g/mol. The molecular weight excluding hydrogens is 210 g/mol. The lowest BCUT2D eigenvalue weighted by Crippen LogP contribution is -2.35. The summed E-state index contributed by atoms with van der Waals surface area (Å²) in [5, 5.41) is 0.412. The van der Waals surface area contributed by atoms with Crippen LogP contribution in [0.4, 0.5) is 0 Å². The average Bonchev–Trinajstić information content (AvgIpc) is 2.74. The number of aromatic nitrogens is 2. The summed E-state index contributed by atoms with van der Waals surface area (Å²) >= 11 is 6.06. The van der Waals surface area contributed by atoms with Crippen LogP contribution in [0.15, 0.2) is 18.7 Å². The molecule has 1 aliphatic heterocycles. The van der Waals surface area contributed by atoms with Crippen LogP contribution in [0.25, 0.3) is 0 Å². The van der Waals surface area contributed by atoms with Crippen molar-refractivity contribution in [3.8, 4) is 0 Å². The van der Waals surface area contributed by atoms with Gasteiger partial charge >= 0.3 is 0 Å². The van der Waals surface area contributed by atoms with Crippen LogP contribution in [0, 0.1) is 0 Å². The first kappa shape index (κ1) is 11.0. The number of rotatable bonds is 4. The second-order valence-electron chi connectivity index (χ2n) is 4.17. The Kier molecular flexibility index (Phi) is 4.03. The van der Waals surface area contributed by atoms with Crippen LogP contribution >= 0.6 is 11.6 Å². The maximum Gasteiger partial charge on any atom is 0.0945 e. The van der Waals surface area contributed by atoms with E-state index in [9.17, 15) is 0 Å². The molecular formula is C11H18ClN3. The maximum absolute atomic E-state index is 6.06. The maximum atomic E-state index is 6.06. The molecule has 1 saturated heterocycles. The summed E-state index contributed by atoms with van der Waals surface area (Å²) in [4.78, 5) is 6.54. The van der Waals surface area contributed by atoms with E-state index >= 15 is 0 Å². The molecule has 0 saturated carbocycles. The van der Waals surface area contributed by atoms with Gasteiger partial charge in [0, 0.05) is 24.3 Å². The minimum Gasteiger partial charge on any atom is -0.337 e. The summed E-state index contributed by atoms with van der Waals surface area (Å²) in [5.41, 5.74) is 0. The van der Waals surface area contributed by atoms with E-state index in [1.54, 1.807) is 0 Å². The Morgan fingerprint density at radius 2 is 2.07 bits per heavy atom. The molecule has 0 radical (unpaired) electrons. The Balaban J connectivity index is 1.62.